The zero-order valence-corrected chi connectivity index (χ0v) is 14.1. The monoisotopic (exact) mass is 297 g/mol. The molecule has 114 valence electrons. The van der Waals surface area contributed by atoms with Crippen molar-refractivity contribution in [3.63, 3.8) is 0 Å². The van der Waals surface area contributed by atoms with Gasteiger partial charge in [0.15, 0.2) is 5.13 Å². The second kappa shape index (κ2) is 6.87. The molecular weight excluding hydrogens is 270 g/mol. The molecule has 1 aromatic heterocycles. The van der Waals surface area contributed by atoms with Gasteiger partial charge in [-0.25, -0.2) is 4.98 Å². The molecular formula is C15H27N3OS. The van der Waals surface area contributed by atoms with Crippen molar-refractivity contribution in [2.45, 2.75) is 58.7 Å². The van der Waals surface area contributed by atoms with Crippen molar-refractivity contribution < 1.29 is 4.74 Å². The van der Waals surface area contributed by atoms with Crippen LogP contribution in [0.15, 0.2) is 0 Å². The first-order valence-corrected chi connectivity index (χ1v) is 8.40. The summed E-state index contributed by atoms with van der Waals surface area (Å²) in [5.41, 5.74) is 1.24. The van der Waals surface area contributed by atoms with E-state index in [9.17, 15) is 0 Å². The van der Waals surface area contributed by atoms with Gasteiger partial charge in [0.05, 0.1) is 24.4 Å². The molecule has 2 unspecified atom stereocenters. The van der Waals surface area contributed by atoms with Gasteiger partial charge in [-0.05, 0) is 26.3 Å². The Labute approximate surface area is 126 Å². The summed E-state index contributed by atoms with van der Waals surface area (Å²) in [6.45, 7) is 11.5. The molecule has 1 aromatic rings. The van der Waals surface area contributed by atoms with Crippen molar-refractivity contribution in [3.8, 4) is 0 Å². The maximum Gasteiger partial charge on any atom is 0.186 e. The van der Waals surface area contributed by atoms with Gasteiger partial charge in [0.1, 0.15) is 0 Å². The minimum Gasteiger partial charge on any atom is -0.375 e. The minimum absolute atomic E-state index is 0.289. The van der Waals surface area contributed by atoms with Crippen molar-refractivity contribution in [2.75, 3.05) is 25.1 Å². The standard InChI is InChI=1S/C15H27N3OS/c1-6-12-9-19-11(4)8-18(12)15-17-14(10(2)3)13(20-15)7-16-5/h10-12,16H,6-9H2,1-5H3. The highest BCUT2D eigenvalue weighted by atomic mass is 32.1. The van der Waals surface area contributed by atoms with Gasteiger partial charge in [-0.15, -0.1) is 11.3 Å². The lowest BCUT2D eigenvalue weighted by Crippen LogP contribution is -2.48. The van der Waals surface area contributed by atoms with Crippen LogP contribution in [0.1, 0.15) is 50.6 Å². The summed E-state index contributed by atoms with van der Waals surface area (Å²) in [6.07, 6.45) is 1.39. The summed E-state index contributed by atoms with van der Waals surface area (Å²) in [6, 6.07) is 0.458. The third kappa shape index (κ3) is 3.32. The molecule has 4 nitrogen and oxygen atoms in total. The summed E-state index contributed by atoms with van der Waals surface area (Å²) in [4.78, 5) is 8.75. The van der Waals surface area contributed by atoms with Gasteiger partial charge in [0, 0.05) is 18.0 Å². The summed E-state index contributed by atoms with van der Waals surface area (Å²) in [5.74, 6) is 0.474. The molecule has 0 aromatic carbocycles. The predicted octanol–water partition coefficient (Wildman–Crippen LogP) is 2.99. The Morgan fingerprint density at radius 3 is 2.85 bits per heavy atom. The van der Waals surface area contributed by atoms with Crippen molar-refractivity contribution in [1.29, 1.82) is 0 Å². The molecule has 0 radical (unpaired) electrons. The molecule has 1 fully saturated rings. The molecule has 2 atom stereocenters. The molecule has 0 bridgehead atoms. The Bertz CT molecular complexity index is 433. The van der Waals surface area contributed by atoms with Gasteiger partial charge < -0.3 is 15.0 Å². The molecule has 2 rings (SSSR count). The highest BCUT2D eigenvalue weighted by molar-refractivity contribution is 7.15. The van der Waals surface area contributed by atoms with Crippen molar-refractivity contribution >= 4 is 16.5 Å². The number of hydrogen-bond acceptors (Lipinski definition) is 5. The summed E-state index contributed by atoms with van der Waals surface area (Å²) >= 11 is 1.84. The summed E-state index contributed by atoms with van der Waals surface area (Å²) in [5, 5.41) is 4.42. The van der Waals surface area contributed by atoms with Crippen LogP contribution < -0.4 is 10.2 Å². The van der Waals surface area contributed by atoms with E-state index in [0.29, 0.717) is 12.0 Å². The van der Waals surface area contributed by atoms with Crippen LogP contribution in [0.2, 0.25) is 0 Å². The normalized spacial score (nSPS) is 23.6. The number of nitrogens with one attached hydrogen (secondary N) is 1. The number of anilines is 1. The van der Waals surface area contributed by atoms with E-state index in [4.69, 9.17) is 9.72 Å². The van der Waals surface area contributed by atoms with E-state index in [1.54, 1.807) is 0 Å². The highest BCUT2D eigenvalue weighted by Gasteiger charge is 2.29. The van der Waals surface area contributed by atoms with Gasteiger partial charge in [-0.2, -0.15) is 0 Å². The average molecular weight is 297 g/mol. The Kier molecular flexibility index (Phi) is 5.41. The number of rotatable bonds is 5. The second-order valence-corrected chi connectivity index (χ2v) is 6.91. The van der Waals surface area contributed by atoms with Gasteiger partial charge in [-0.1, -0.05) is 20.8 Å². The number of hydrogen-bond donors (Lipinski definition) is 1. The molecule has 1 N–H and O–H groups in total. The zero-order valence-electron chi connectivity index (χ0n) is 13.3. The van der Waals surface area contributed by atoms with Crippen molar-refractivity contribution in [3.05, 3.63) is 10.6 Å². The topological polar surface area (TPSA) is 37.4 Å². The number of aromatic nitrogens is 1. The van der Waals surface area contributed by atoms with Crippen LogP contribution in [0.3, 0.4) is 0 Å². The number of thiazole rings is 1. The van der Waals surface area contributed by atoms with Crippen molar-refractivity contribution in [2.24, 2.45) is 0 Å². The molecule has 0 amide bonds. The van der Waals surface area contributed by atoms with E-state index in [1.807, 2.05) is 18.4 Å². The van der Waals surface area contributed by atoms with Crippen LogP contribution in [0.4, 0.5) is 5.13 Å². The second-order valence-electron chi connectivity index (χ2n) is 5.85. The van der Waals surface area contributed by atoms with Gasteiger partial charge >= 0.3 is 0 Å². The molecule has 1 aliphatic rings. The molecule has 2 heterocycles. The van der Waals surface area contributed by atoms with Crippen LogP contribution in [-0.4, -0.2) is 37.3 Å². The molecule has 0 aliphatic carbocycles. The van der Waals surface area contributed by atoms with Gasteiger partial charge in [0.2, 0.25) is 0 Å². The highest BCUT2D eigenvalue weighted by Crippen LogP contribution is 2.33. The first kappa shape index (κ1) is 15.7. The first-order chi connectivity index (χ1) is 9.56. The smallest absolute Gasteiger partial charge is 0.186 e. The lowest BCUT2D eigenvalue weighted by Gasteiger charge is -2.38. The molecule has 20 heavy (non-hydrogen) atoms. The van der Waals surface area contributed by atoms with Crippen LogP contribution in [0.5, 0.6) is 0 Å². The molecule has 0 spiro atoms. The summed E-state index contributed by atoms with van der Waals surface area (Å²) in [7, 11) is 2.00. The average Bonchev–Trinajstić information content (AvgIpc) is 2.83. The van der Waals surface area contributed by atoms with Crippen LogP contribution in [0.25, 0.3) is 0 Å². The maximum atomic E-state index is 5.79. The van der Waals surface area contributed by atoms with E-state index < -0.39 is 0 Å². The van der Waals surface area contributed by atoms with Gasteiger partial charge in [0.25, 0.3) is 0 Å². The number of ether oxygens (including phenoxy) is 1. The van der Waals surface area contributed by atoms with E-state index >= 15 is 0 Å². The minimum atomic E-state index is 0.289. The predicted molar refractivity (Wildman–Crippen MR) is 85.8 cm³/mol. The Hall–Kier alpha value is -0.650. The van der Waals surface area contributed by atoms with Gasteiger partial charge in [-0.3, -0.25) is 0 Å². The molecule has 5 heteroatoms. The maximum absolute atomic E-state index is 5.79. The lowest BCUT2D eigenvalue weighted by molar-refractivity contribution is 0.0299. The van der Waals surface area contributed by atoms with Crippen molar-refractivity contribution in [1.82, 2.24) is 10.3 Å². The van der Waals surface area contributed by atoms with E-state index in [2.05, 4.69) is 37.9 Å². The largest absolute Gasteiger partial charge is 0.375 e. The van der Waals surface area contributed by atoms with Crippen LogP contribution in [0, 0.1) is 0 Å². The molecule has 0 saturated carbocycles. The third-order valence-electron chi connectivity index (χ3n) is 3.79. The Morgan fingerprint density at radius 1 is 1.50 bits per heavy atom. The van der Waals surface area contributed by atoms with E-state index in [1.165, 1.54) is 15.7 Å². The Morgan fingerprint density at radius 2 is 2.25 bits per heavy atom. The fourth-order valence-corrected chi connectivity index (χ4v) is 3.94. The van der Waals surface area contributed by atoms with E-state index in [-0.39, 0.29) is 6.10 Å². The first-order valence-electron chi connectivity index (χ1n) is 7.59. The quantitative estimate of drug-likeness (QED) is 0.906. The zero-order chi connectivity index (χ0) is 14.7. The SMILES string of the molecule is CCC1COC(C)CN1c1nc(C(C)C)c(CNC)s1. The third-order valence-corrected chi connectivity index (χ3v) is 4.89. The van der Waals surface area contributed by atoms with E-state index in [0.717, 1.165) is 26.1 Å². The fraction of sp³-hybridized carbons (Fsp3) is 0.800. The number of nitrogens with zero attached hydrogens (tertiary/aromatic N) is 2. The molecule has 1 saturated heterocycles. The van der Waals surface area contributed by atoms with Crippen LogP contribution in [-0.2, 0) is 11.3 Å². The van der Waals surface area contributed by atoms with Crippen LogP contribution >= 0.6 is 11.3 Å². The lowest BCUT2D eigenvalue weighted by atomic mass is 10.1. The molecule has 1 aliphatic heterocycles. The summed E-state index contributed by atoms with van der Waals surface area (Å²) < 4.78 is 5.79. The number of morpholine rings is 1. The fourth-order valence-electron chi connectivity index (χ4n) is 2.63. The Balaban J connectivity index is 2.28.